The molecule has 2 atom stereocenters. The van der Waals surface area contributed by atoms with Gasteiger partial charge < -0.3 is 5.11 Å². The van der Waals surface area contributed by atoms with E-state index < -0.39 is 0 Å². The highest BCUT2D eigenvalue weighted by Gasteiger charge is 2.36. The van der Waals surface area contributed by atoms with Gasteiger partial charge in [-0.3, -0.25) is 4.90 Å². The van der Waals surface area contributed by atoms with E-state index >= 15 is 0 Å². The van der Waals surface area contributed by atoms with E-state index in [-0.39, 0.29) is 0 Å². The molecule has 0 radical (unpaired) electrons. The second-order valence-corrected chi connectivity index (χ2v) is 6.47. The van der Waals surface area contributed by atoms with E-state index in [0.717, 1.165) is 6.04 Å². The van der Waals surface area contributed by atoms with Crippen LogP contribution in [-0.2, 0) is 0 Å². The van der Waals surface area contributed by atoms with E-state index in [0.29, 0.717) is 18.6 Å². The summed E-state index contributed by atoms with van der Waals surface area (Å²) >= 11 is 0. The van der Waals surface area contributed by atoms with E-state index in [4.69, 9.17) is 0 Å². The predicted molar refractivity (Wildman–Crippen MR) is 82.6 cm³/mol. The van der Waals surface area contributed by atoms with Crippen LogP contribution in [0.15, 0.2) is 30.3 Å². The van der Waals surface area contributed by atoms with Crippen molar-refractivity contribution in [2.24, 2.45) is 5.92 Å². The molecule has 3 rings (SSSR count). The van der Waals surface area contributed by atoms with Crippen LogP contribution in [0.4, 0.5) is 0 Å². The van der Waals surface area contributed by atoms with Gasteiger partial charge in [-0.15, -0.1) is 0 Å². The fraction of sp³-hybridized carbons (Fsp3) is 0.667. The van der Waals surface area contributed by atoms with Gasteiger partial charge in [-0.1, -0.05) is 49.6 Å². The average molecular weight is 273 g/mol. The summed E-state index contributed by atoms with van der Waals surface area (Å²) in [5, 5.41) is 9.81. The smallest absolute Gasteiger partial charge is 0.0477 e. The minimum absolute atomic E-state index is 0.322. The number of hydrogen-bond acceptors (Lipinski definition) is 2. The molecule has 1 aromatic carbocycles. The van der Waals surface area contributed by atoms with Crippen molar-refractivity contribution in [2.75, 3.05) is 13.2 Å². The molecule has 2 nitrogen and oxygen atoms in total. The van der Waals surface area contributed by atoms with Gasteiger partial charge in [-0.25, -0.2) is 0 Å². The quantitative estimate of drug-likeness (QED) is 0.906. The first kappa shape index (κ1) is 14.1. The van der Waals surface area contributed by atoms with Gasteiger partial charge in [-0.2, -0.15) is 0 Å². The first-order valence-electron chi connectivity index (χ1n) is 8.31. The van der Waals surface area contributed by atoms with Crippen molar-refractivity contribution in [3.63, 3.8) is 0 Å². The molecule has 1 saturated carbocycles. The Hall–Kier alpha value is -0.860. The Labute approximate surface area is 122 Å². The molecule has 0 bridgehead atoms. The van der Waals surface area contributed by atoms with Gasteiger partial charge in [0, 0.05) is 24.6 Å². The van der Waals surface area contributed by atoms with Crippen LogP contribution in [0.5, 0.6) is 0 Å². The molecule has 1 saturated heterocycles. The fourth-order valence-electron chi connectivity index (χ4n) is 4.23. The largest absolute Gasteiger partial charge is 0.396 e. The first-order chi connectivity index (χ1) is 9.90. The Morgan fingerprint density at radius 2 is 1.70 bits per heavy atom. The molecule has 1 aromatic rings. The zero-order valence-corrected chi connectivity index (χ0v) is 12.4. The van der Waals surface area contributed by atoms with Crippen LogP contribution in [0.3, 0.4) is 0 Å². The molecule has 0 aromatic heterocycles. The zero-order valence-electron chi connectivity index (χ0n) is 12.4. The SMILES string of the molecule is OC[C@@H]1CCCN(C2CCCCC2)[C@H]1c1ccccc1. The van der Waals surface area contributed by atoms with Crippen molar-refractivity contribution in [3.8, 4) is 0 Å². The monoisotopic (exact) mass is 273 g/mol. The number of likely N-dealkylation sites (tertiary alicyclic amines) is 1. The highest BCUT2D eigenvalue weighted by Crippen LogP contribution is 2.39. The van der Waals surface area contributed by atoms with Crippen LogP contribution in [-0.4, -0.2) is 29.2 Å². The van der Waals surface area contributed by atoms with Crippen molar-refractivity contribution in [3.05, 3.63) is 35.9 Å². The van der Waals surface area contributed by atoms with Crippen molar-refractivity contribution in [1.82, 2.24) is 4.90 Å². The van der Waals surface area contributed by atoms with Crippen molar-refractivity contribution in [1.29, 1.82) is 0 Å². The molecule has 110 valence electrons. The lowest BCUT2D eigenvalue weighted by atomic mass is 9.82. The van der Waals surface area contributed by atoms with Gasteiger partial charge in [0.05, 0.1) is 0 Å². The number of benzene rings is 1. The lowest BCUT2D eigenvalue weighted by Crippen LogP contribution is -2.46. The summed E-state index contributed by atoms with van der Waals surface area (Å²) in [4.78, 5) is 2.72. The summed E-state index contributed by atoms with van der Waals surface area (Å²) < 4.78 is 0. The van der Waals surface area contributed by atoms with E-state index in [1.165, 1.54) is 57.1 Å². The number of nitrogens with zero attached hydrogens (tertiary/aromatic N) is 1. The number of hydrogen-bond donors (Lipinski definition) is 1. The molecule has 0 amide bonds. The second kappa shape index (κ2) is 6.73. The molecule has 20 heavy (non-hydrogen) atoms. The molecule has 1 N–H and O–H groups in total. The summed E-state index contributed by atoms with van der Waals surface area (Å²) in [6.45, 7) is 1.53. The Balaban J connectivity index is 1.85. The molecule has 2 aliphatic rings. The number of rotatable bonds is 3. The Morgan fingerprint density at radius 1 is 0.950 bits per heavy atom. The van der Waals surface area contributed by atoms with E-state index in [1.54, 1.807) is 0 Å². The van der Waals surface area contributed by atoms with Gasteiger partial charge in [0.1, 0.15) is 0 Å². The summed E-state index contributed by atoms with van der Waals surface area (Å²) in [6, 6.07) is 12.0. The van der Waals surface area contributed by atoms with Crippen molar-refractivity contribution in [2.45, 2.75) is 57.0 Å². The average Bonchev–Trinajstić information content (AvgIpc) is 2.55. The molecule has 0 spiro atoms. The van der Waals surface area contributed by atoms with Crippen molar-refractivity contribution < 1.29 is 5.11 Å². The van der Waals surface area contributed by atoms with Crippen LogP contribution in [0.1, 0.15) is 56.6 Å². The summed E-state index contributed by atoms with van der Waals surface area (Å²) in [6.07, 6.45) is 9.27. The highest BCUT2D eigenvalue weighted by atomic mass is 16.3. The maximum Gasteiger partial charge on any atom is 0.0477 e. The van der Waals surface area contributed by atoms with Crippen LogP contribution in [0.25, 0.3) is 0 Å². The molecule has 2 heteroatoms. The first-order valence-corrected chi connectivity index (χ1v) is 8.31. The number of aliphatic hydroxyl groups is 1. The molecule has 1 aliphatic heterocycles. The van der Waals surface area contributed by atoms with Gasteiger partial charge >= 0.3 is 0 Å². The van der Waals surface area contributed by atoms with E-state index in [2.05, 4.69) is 35.2 Å². The Morgan fingerprint density at radius 3 is 2.40 bits per heavy atom. The van der Waals surface area contributed by atoms with Gasteiger partial charge in [0.25, 0.3) is 0 Å². The Kier molecular flexibility index (Phi) is 4.74. The van der Waals surface area contributed by atoms with Crippen LogP contribution < -0.4 is 0 Å². The third-order valence-corrected chi connectivity index (χ3v) is 5.21. The maximum atomic E-state index is 9.81. The summed E-state index contributed by atoms with van der Waals surface area (Å²) in [5.74, 6) is 0.410. The fourth-order valence-corrected chi connectivity index (χ4v) is 4.23. The molecule has 1 heterocycles. The molecular formula is C18H27NO. The number of piperidine rings is 1. The standard InChI is InChI=1S/C18H27NO/c20-14-16-10-7-13-19(17-11-5-2-6-12-17)18(16)15-8-3-1-4-9-15/h1,3-4,8-9,16-18,20H,2,5-7,10-14H2/t16-,18-/m0/s1. The molecule has 2 fully saturated rings. The maximum absolute atomic E-state index is 9.81. The van der Waals surface area contributed by atoms with Crippen LogP contribution >= 0.6 is 0 Å². The summed E-state index contributed by atoms with van der Waals surface area (Å²) in [5.41, 5.74) is 1.40. The van der Waals surface area contributed by atoms with Gasteiger partial charge in [0.15, 0.2) is 0 Å². The molecule has 1 aliphatic carbocycles. The van der Waals surface area contributed by atoms with Gasteiger partial charge in [0.2, 0.25) is 0 Å². The number of aliphatic hydroxyl groups excluding tert-OH is 1. The topological polar surface area (TPSA) is 23.5 Å². The second-order valence-electron chi connectivity index (χ2n) is 6.47. The van der Waals surface area contributed by atoms with Crippen molar-refractivity contribution >= 4 is 0 Å². The third kappa shape index (κ3) is 2.91. The van der Waals surface area contributed by atoms with Gasteiger partial charge in [-0.05, 0) is 37.8 Å². The molecular weight excluding hydrogens is 246 g/mol. The third-order valence-electron chi connectivity index (χ3n) is 5.21. The lowest BCUT2D eigenvalue weighted by molar-refractivity contribution is 0.0119. The zero-order chi connectivity index (χ0) is 13.8. The minimum Gasteiger partial charge on any atom is -0.396 e. The summed E-state index contributed by atoms with van der Waals surface area (Å²) in [7, 11) is 0. The van der Waals surface area contributed by atoms with E-state index in [9.17, 15) is 5.11 Å². The predicted octanol–water partition coefficient (Wildman–Crippen LogP) is 3.76. The van der Waals surface area contributed by atoms with Crippen LogP contribution in [0, 0.1) is 5.92 Å². The minimum atomic E-state index is 0.322. The molecule has 0 unspecified atom stereocenters. The highest BCUT2D eigenvalue weighted by molar-refractivity contribution is 5.21. The Bertz CT molecular complexity index is 399. The van der Waals surface area contributed by atoms with Crippen LogP contribution in [0.2, 0.25) is 0 Å². The normalized spacial score (nSPS) is 29.4. The lowest BCUT2D eigenvalue weighted by Gasteiger charge is -2.46. The van der Waals surface area contributed by atoms with E-state index in [1.807, 2.05) is 0 Å².